The van der Waals surface area contributed by atoms with Gasteiger partial charge in [0, 0.05) is 6.61 Å². The zero-order valence-electron chi connectivity index (χ0n) is 9.95. The summed E-state index contributed by atoms with van der Waals surface area (Å²) in [5.74, 6) is 0. The zero-order chi connectivity index (χ0) is 11.1. The third kappa shape index (κ3) is 4.61. The van der Waals surface area contributed by atoms with Crippen LogP contribution < -0.4 is 0 Å². The minimum atomic E-state index is -2.04. The summed E-state index contributed by atoms with van der Waals surface area (Å²) in [5, 5.41) is 0. The molecule has 90 valence electrons. The van der Waals surface area contributed by atoms with Crippen molar-refractivity contribution in [1.82, 2.24) is 0 Å². The van der Waals surface area contributed by atoms with Crippen LogP contribution in [0.2, 0.25) is 12.6 Å². The Morgan fingerprint density at radius 2 is 2.13 bits per heavy atom. The van der Waals surface area contributed by atoms with Crippen molar-refractivity contribution in [3.63, 3.8) is 0 Å². The molecule has 1 rings (SSSR count). The maximum Gasteiger partial charge on any atom is 0.336 e. The standard InChI is InChI=1S/C10H22O4Si/c1-4-8-15(3,13-5-2)14-10-9-11-6-7-12-10/h10H,4-9H2,1-3H3. The molecule has 0 amide bonds. The number of ether oxygens (including phenoxy) is 2. The maximum atomic E-state index is 5.93. The largest absolute Gasteiger partial charge is 0.395 e. The summed E-state index contributed by atoms with van der Waals surface area (Å²) in [5.41, 5.74) is 0. The fourth-order valence-corrected chi connectivity index (χ4v) is 4.28. The van der Waals surface area contributed by atoms with Crippen LogP contribution in [0.4, 0.5) is 0 Å². The molecule has 2 unspecified atom stereocenters. The molecule has 0 N–H and O–H groups in total. The molecular weight excluding hydrogens is 212 g/mol. The van der Waals surface area contributed by atoms with Crippen LogP contribution in [0.5, 0.6) is 0 Å². The summed E-state index contributed by atoms with van der Waals surface area (Å²) in [7, 11) is -2.04. The molecule has 1 aliphatic rings. The van der Waals surface area contributed by atoms with Gasteiger partial charge in [0.25, 0.3) is 0 Å². The molecule has 0 bridgehead atoms. The third-order valence-corrected chi connectivity index (χ3v) is 5.39. The van der Waals surface area contributed by atoms with Crippen LogP contribution in [-0.4, -0.2) is 41.3 Å². The Morgan fingerprint density at radius 1 is 1.33 bits per heavy atom. The number of hydrogen-bond acceptors (Lipinski definition) is 4. The Balaban J connectivity index is 2.40. The lowest BCUT2D eigenvalue weighted by atomic mass is 10.6. The lowest BCUT2D eigenvalue weighted by molar-refractivity contribution is -0.181. The summed E-state index contributed by atoms with van der Waals surface area (Å²) < 4.78 is 22.5. The summed E-state index contributed by atoms with van der Waals surface area (Å²) in [6, 6.07) is 1.00. The van der Waals surface area contributed by atoms with Crippen LogP contribution in [0.3, 0.4) is 0 Å². The molecule has 2 atom stereocenters. The molecular formula is C10H22O4Si. The second kappa shape index (κ2) is 6.60. The molecule has 1 heterocycles. The molecule has 0 aromatic carbocycles. The van der Waals surface area contributed by atoms with Crippen LogP contribution in [-0.2, 0) is 18.3 Å². The molecule has 4 nitrogen and oxygen atoms in total. The van der Waals surface area contributed by atoms with Gasteiger partial charge in [-0.25, -0.2) is 0 Å². The number of rotatable bonds is 6. The van der Waals surface area contributed by atoms with Gasteiger partial charge in [-0.1, -0.05) is 13.3 Å². The minimum Gasteiger partial charge on any atom is -0.395 e. The Hall–Kier alpha value is 0.0569. The van der Waals surface area contributed by atoms with Crippen molar-refractivity contribution in [3.05, 3.63) is 0 Å². The molecule has 15 heavy (non-hydrogen) atoms. The second-order valence-electron chi connectivity index (χ2n) is 3.81. The Morgan fingerprint density at radius 3 is 2.67 bits per heavy atom. The highest BCUT2D eigenvalue weighted by molar-refractivity contribution is 6.66. The third-order valence-electron chi connectivity index (χ3n) is 2.32. The lowest BCUT2D eigenvalue weighted by Gasteiger charge is -2.32. The van der Waals surface area contributed by atoms with Crippen molar-refractivity contribution in [3.8, 4) is 0 Å². The van der Waals surface area contributed by atoms with Crippen LogP contribution in [0.25, 0.3) is 0 Å². The first-order valence-corrected chi connectivity index (χ1v) is 8.23. The lowest BCUT2D eigenvalue weighted by Crippen LogP contribution is -2.46. The summed E-state index contributed by atoms with van der Waals surface area (Å²) in [4.78, 5) is 0. The highest BCUT2D eigenvalue weighted by Crippen LogP contribution is 2.19. The molecule has 0 saturated carbocycles. The second-order valence-corrected chi connectivity index (χ2v) is 7.10. The van der Waals surface area contributed by atoms with Gasteiger partial charge in [0.05, 0.1) is 19.8 Å². The smallest absolute Gasteiger partial charge is 0.336 e. The van der Waals surface area contributed by atoms with E-state index in [0.29, 0.717) is 26.4 Å². The van der Waals surface area contributed by atoms with E-state index in [1.807, 2.05) is 6.92 Å². The summed E-state index contributed by atoms with van der Waals surface area (Å²) in [6.45, 7) is 8.76. The van der Waals surface area contributed by atoms with Crippen LogP contribution in [0, 0.1) is 0 Å². The molecule has 0 aromatic rings. The topological polar surface area (TPSA) is 36.9 Å². The molecule has 1 fully saturated rings. The minimum absolute atomic E-state index is 0.228. The van der Waals surface area contributed by atoms with Gasteiger partial charge >= 0.3 is 8.56 Å². The molecule has 1 aliphatic heterocycles. The molecule has 0 aliphatic carbocycles. The monoisotopic (exact) mass is 234 g/mol. The fourth-order valence-electron chi connectivity index (χ4n) is 1.74. The van der Waals surface area contributed by atoms with Crippen molar-refractivity contribution < 1.29 is 18.3 Å². The van der Waals surface area contributed by atoms with Gasteiger partial charge in [-0.05, 0) is 19.5 Å². The van der Waals surface area contributed by atoms with Gasteiger partial charge < -0.3 is 18.3 Å². The van der Waals surface area contributed by atoms with Crippen LogP contribution in [0.15, 0.2) is 0 Å². The van der Waals surface area contributed by atoms with Gasteiger partial charge in [0.2, 0.25) is 0 Å². The van der Waals surface area contributed by atoms with E-state index < -0.39 is 8.56 Å². The van der Waals surface area contributed by atoms with E-state index in [1.165, 1.54) is 0 Å². The van der Waals surface area contributed by atoms with Gasteiger partial charge in [0.15, 0.2) is 6.29 Å². The first-order valence-electron chi connectivity index (χ1n) is 5.71. The SMILES string of the molecule is CCC[Si](C)(OCC)OC1COCCO1. The summed E-state index contributed by atoms with van der Waals surface area (Å²) >= 11 is 0. The van der Waals surface area contributed by atoms with Crippen molar-refractivity contribution in [2.75, 3.05) is 26.4 Å². The van der Waals surface area contributed by atoms with Crippen molar-refractivity contribution in [2.45, 2.75) is 39.1 Å². The first-order chi connectivity index (χ1) is 7.20. The first kappa shape index (κ1) is 13.1. The normalized spacial score (nSPS) is 26.2. The maximum absolute atomic E-state index is 5.93. The molecule has 0 spiro atoms. The van der Waals surface area contributed by atoms with Crippen molar-refractivity contribution >= 4 is 8.56 Å². The van der Waals surface area contributed by atoms with Crippen LogP contribution in [0.1, 0.15) is 20.3 Å². The molecule has 1 saturated heterocycles. The van der Waals surface area contributed by atoms with E-state index >= 15 is 0 Å². The molecule has 5 heteroatoms. The summed E-state index contributed by atoms with van der Waals surface area (Å²) in [6.07, 6.45) is 0.851. The Labute approximate surface area is 93.1 Å². The average Bonchev–Trinajstić information content (AvgIpc) is 2.19. The van der Waals surface area contributed by atoms with E-state index in [0.717, 1.165) is 12.5 Å². The quantitative estimate of drug-likeness (QED) is 0.658. The Kier molecular flexibility index (Phi) is 5.77. The van der Waals surface area contributed by atoms with Gasteiger partial charge in [-0.2, -0.15) is 0 Å². The van der Waals surface area contributed by atoms with Gasteiger partial charge in [-0.15, -0.1) is 0 Å². The molecule has 0 aromatic heterocycles. The van der Waals surface area contributed by atoms with E-state index in [-0.39, 0.29) is 6.29 Å². The zero-order valence-corrected chi connectivity index (χ0v) is 11.0. The van der Waals surface area contributed by atoms with Crippen LogP contribution >= 0.6 is 0 Å². The van der Waals surface area contributed by atoms with Gasteiger partial charge in [-0.3, -0.25) is 0 Å². The van der Waals surface area contributed by atoms with Crippen molar-refractivity contribution in [1.29, 1.82) is 0 Å². The van der Waals surface area contributed by atoms with Crippen molar-refractivity contribution in [2.24, 2.45) is 0 Å². The fraction of sp³-hybridized carbons (Fsp3) is 1.00. The van der Waals surface area contributed by atoms with E-state index in [1.54, 1.807) is 0 Å². The number of hydrogen-bond donors (Lipinski definition) is 0. The highest BCUT2D eigenvalue weighted by Gasteiger charge is 2.34. The van der Waals surface area contributed by atoms with E-state index in [4.69, 9.17) is 18.3 Å². The highest BCUT2D eigenvalue weighted by atomic mass is 28.4. The predicted molar refractivity (Wildman–Crippen MR) is 60.0 cm³/mol. The Bertz CT molecular complexity index is 165. The average molecular weight is 234 g/mol. The molecule has 0 radical (unpaired) electrons. The predicted octanol–water partition coefficient (Wildman–Crippen LogP) is 1.89. The van der Waals surface area contributed by atoms with Gasteiger partial charge in [0.1, 0.15) is 0 Å². The van der Waals surface area contributed by atoms with E-state index in [9.17, 15) is 0 Å². The van der Waals surface area contributed by atoms with E-state index in [2.05, 4.69) is 13.5 Å².